The normalized spacial score (nSPS) is 18.2. The van der Waals surface area contributed by atoms with Crippen LogP contribution in [0.1, 0.15) is 27.2 Å². The van der Waals surface area contributed by atoms with Crippen LogP contribution in [0.25, 0.3) is 0 Å². The molecule has 1 atom stereocenters. The molecular formula is C15H28N2O6. The minimum absolute atomic E-state index is 0.0737. The van der Waals surface area contributed by atoms with Crippen LogP contribution >= 0.6 is 0 Å². The number of likely N-dealkylation sites (tertiary alicyclic amines) is 1. The number of aliphatic carboxylic acids is 1. The van der Waals surface area contributed by atoms with Gasteiger partial charge in [0.15, 0.2) is 0 Å². The van der Waals surface area contributed by atoms with Gasteiger partial charge in [-0.2, -0.15) is 0 Å². The molecule has 23 heavy (non-hydrogen) atoms. The molecule has 0 aliphatic carbocycles. The Morgan fingerprint density at radius 1 is 1.30 bits per heavy atom. The van der Waals surface area contributed by atoms with E-state index in [1.165, 1.54) is 4.90 Å². The van der Waals surface area contributed by atoms with Crippen molar-refractivity contribution in [1.29, 1.82) is 0 Å². The molecule has 1 saturated heterocycles. The third-order valence-corrected chi connectivity index (χ3v) is 3.52. The summed E-state index contributed by atoms with van der Waals surface area (Å²) >= 11 is 0. The molecule has 1 amide bonds. The second-order valence-corrected chi connectivity index (χ2v) is 6.88. The van der Waals surface area contributed by atoms with E-state index in [2.05, 4.69) is 5.32 Å². The zero-order valence-electron chi connectivity index (χ0n) is 14.5. The summed E-state index contributed by atoms with van der Waals surface area (Å²) in [5.41, 5.74) is -1.23. The van der Waals surface area contributed by atoms with E-state index in [0.717, 1.165) is 0 Å². The number of carboxylic acids is 1. The van der Waals surface area contributed by atoms with Crippen LogP contribution in [0.5, 0.6) is 0 Å². The maximum atomic E-state index is 12.0. The molecule has 134 valence electrons. The predicted octanol–water partition coefficient (Wildman–Crippen LogP) is 0.702. The van der Waals surface area contributed by atoms with Crippen LogP contribution in [0.4, 0.5) is 4.79 Å². The van der Waals surface area contributed by atoms with Crippen molar-refractivity contribution in [3.63, 3.8) is 0 Å². The van der Waals surface area contributed by atoms with E-state index in [1.54, 1.807) is 35.0 Å². The molecule has 1 unspecified atom stereocenters. The fraction of sp³-hybridized carbons (Fsp3) is 0.867. The molecule has 0 aromatic heterocycles. The Hall–Kier alpha value is -1.38. The maximum Gasteiger partial charge on any atom is 0.410 e. The van der Waals surface area contributed by atoms with Crippen molar-refractivity contribution < 1.29 is 28.9 Å². The van der Waals surface area contributed by atoms with E-state index in [0.29, 0.717) is 13.2 Å². The third kappa shape index (κ3) is 6.32. The average molecular weight is 332 g/mol. The number of hydrogen-bond donors (Lipinski definition) is 2. The van der Waals surface area contributed by atoms with Gasteiger partial charge >= 0.3 is 12.1 Å². The predicted molar refractivity (Wildman–Crippen MR) is 83.5 cm³/mol. The van der Waals surface area contributed by atoms with Gasteiger partial charge in [-0.1, -0.05) is 0 Å². The fourth-order valence-electron chi connectivity index (χ4n) is 2.44. The Bertz CT molecular complexity index is 415. The monoisotopic (exact) mass is 332 g/mol. The Balaban J connectivity index is 2.59. The number of carboxylic acid groups (broad SMARTS) is 1. The lowest BCUT2D eigenvalue weighted by Crippen LogP contribution is -2.72. The van der Waals surface area contributed by atoms with Crippen molar-refractivity contribution in [1.82, 2.24) is 10.2 Å². The summed E-state index contributed by atoms with van der Waals surface area (Å²) in [6.07, 6.45) is -0.683. The number of nitrogens with one attached hydrogen (secondary N) is 1. The summed E-state index contributed by atoms with van der Waals surface area (Å²) in [5, 5.41) is 12.3. The summed E-state index contributed by atoms with van der Waals surface area (Å²) in [5.74, 6) is -0.915. The summed E-state index contributed by atoms with van der Waals surface area (Å²) in [6, 6.07) is 0. The molecule has 8 heteroatoms. The zero-order chi connectivity index (χ0) is 17.7. The second kappa shape index (κ2) is 7.94. The summed E-state index contributed by atoms with van der Waals surface area (Å²) in [7, 11) is 3.15. The first kappa shape index (κ1) is 19.7. The van der Waals surface area contributed by atoms with Gasteiger partial charge in [-0.3, -0.25) is 4.79 Å². The van der Waals surface area contributed by atoms with Gasteiger partial charge in [0.2, 0.25) is 0 Å². The third-order valence-electron chi connectivity index (χ3n) is 3.52. The number of amides is 1. The molecule has 1 fully saturated rings. The van der Waals surface area contributed by atoms with Crippen LogP contribution in [0.3, 0.4) is 0 Å². The minimum Gasteiger partial charge on any atom is -0.481 e. The quantitative estimate of drug-likeness (QED) is 0.675. The Kier molecular flexibility index (Phi) is 6.79. The first-order valence-electron chi connectivity index (χ1n) is 7.57. The molecule has 0 aromatic rings. The number of nitrogens with zero attached hydrogens (tertiary/aromatic N) is 1. The molecule has 0 saturated carbocycles. The van der Waals surface area contributed by atoms with Gasteiger partial charge in [0, 0.05) is 33.9 Å². The van der Waals surface area contributed by atoms with E-state index >= 15 is 0 Å². The van der Waals surface area contributed by atoms with Gasteiger partial charge < -0.3 is 29.5 Å². The number of hydrogen-bond acceptors (Lipinski definition) is 6. The Labute approximate surface area is 137 Å². The van der Waals surface area contributed by atoms with Crippen molar-refractivity contribution in [3.05, 3.63) is 0 Å². The van der Waals surface area contributed by atoms with E-state index in [1.807, 2.05) is 0 Å². The molecule has 0 radical (unpaired) electrons. The van der Waals surface area contributed by atoms with E-state index < -0.39 is 23.2 Å². The van der Waals surface area contributed by atoms with Crippen molar-refractivity contribution >= 4 is 12.1 Å². The lowest BCUT2D eigenvalue weighted by Gasteiger charge is -2.50. The molecule has 0 spiro atoms. The topological polar surface area (TPSA) is 97.3 Å². The summed E-state index contributed by atoms with van der Waals surface area (Å²) in [6.45, 7) is 6.81. The van der Waals surface area contributed by atoms with Gasteiger partial charge in [-0.15, -0.1) is 0 Å². The van der Waals surface area contributed by atoms with E-state index in [-0.39, 0.29) is 25.6 Å². The van der Waals surface area contributed by atoms with Crippen molar-refractivity contribution in [2.24, 2.45) is 0 Å². The minimum atomic E-state index is -0.915. The van der Waals surface area contributed by atoms with E-state index in [4.69, 9.17) is 19.3 Å². The van der Waals surface area contributed by atoms with Gasteiger partial charge in [0.25, 0.3) is 0 Å². The number of carbonyl (C=O) groups is 2. The number of methoxy groups -OCH3 is 2. The Morgan fingerprint density at radius 2 is 1.91 bits per heavy atom. The molecule has 8 nitrogen and oxygen atoms in total. The van der Waals surface area contributed by atoms with Crippen molar-refractivity contribution in [2.45, 2.75) is 44.4 Å². The molecule has 1 heterocycles. The average Bonchev–Trinajstić information content (AvgIpc) is 2.36. The smallest absolute Gasteiger partial charge is 0.410 e. The first-order chi connectivity index (χ1) is 10.6. The van der Waals surface area contributed by atoms with Gasteiger partial charge in [0.1, 0.15) is 5.60 Å². The van der Waals surface area contributed by atoms with Crippen molar-refractivity contribution in [3.8, 4) is 0 Å². The zero-order valence-corrected chi connectivity index (χ0v) is 14.5. The Morgan fingerprint density at radius 3 is 2.35 bits per heavy atom. The standard InChI is InChI=1S/C15H28N2O6/c1-14(2,3)23-13(20)17-9-15(10-17,6-12(18)19)16-7-11(22-5)8-21-4/h11,16H,6-10H2,1-5H3,(H,18,19). The van der Waals surface area contributed by atoms with Gasteiger partial charge in [-0.25, -0.2) is 4.79 Å². The molecular weight excluding hydrogens is 304 g/mol. The fourth-order valence-corrected chi connectivity index (χ4v) is 2.44. The molecule has 0 aromatic carbocycles. The number of rotatable bonds is 8. The van der Waals surface area contributed by atoms with Gasteiger partial charge in [0.05, 0.1) is 24.7 Å². The second-order valence-electron chi connectivity index (χ2n) is 6.88. The van der Waals surface area contributed by atoms with Crippen LogP contribution in [-0.2, 0) is 19.0 Å². The van der Waals surface area contributed by atoms with Crippen LogP contribution in [0.2, 0.25) is 0 Å². The highest BCUT2D eigenvalue weighted by Crippen LogP contribution is 2.27. The van der Waals surface area contributed by atoms with Crippen LogP contribution in [0.15, 0.2) is 0 Å². The summed E-state index contributed by atoms with van der Waals surface area (Å²) in [4.78, 5) is 24.6. The van der Waals surface area contributed by atoms with Gasteiger partial charge in [-0.05, 0) is 20.8 Å². The van der Waals surface area contributed by atoms with Crippen molar-refractivity contribution in [2.75, 3.05) is 40.5 Å². The highest BCUT2D eigenvalue weighted by molar-refractivity contribution is 5.73. The largest absolute Gasteiger partial charge is 0.481 e. The molecule has 2 N–H and O–H groups in total. The number of carbonyl (C=O) groups excluding carboxylic acids is 1. The van der Waals surface area contributed by atoms with E-state index in [9.17, 15) is 9.59 Å². The SMILES string of the molecule is COCC(CNC1(CC(=O)O)CN(C(=O)OC(C)(C)C)C1)OC. The lowest BCUT2D eigenvalue weighted by molar-refractivity contribution is -0.141. The highest BCUT2D eigenvalue weighted by Gasteiger charge is 2.47. The van der Waals surface area contributed by atoms with Crippen LogP contribution < -0.4 is 5.32 Å². The molecule has 1 rings (SSSR count). The molecule has 0 bridgehead atoms. The summed E-state index contributed by atoms with van der Waals surface area (Å²) < 4.78 is 15.6. The lowest BCUT2D eigenvalue weighted by atomic mass is 9.86. The molecule has 1 aliphatic rings. The number of ether oxygens (including phenoxy) is 3. The highest BCUT2D eigenvalue weighted by atomic mass is 16.6. The van der Waals surface area contributed by atoms with Crippen LogP contribution in [-0.4, -0.2) is 79.8 Å². The molecule has 1 aliphatic heterocycles. The first-order valence-corrected chi connectivity index (χ1v) is 7.57. The van der Waals surface area contributed by atoms with Crippen LogP contribution in [0, 0.1) is 0 Å². The maximum absolute atomic E-state index is 12.0.